The summed E-state index contributed by atoms with van der Waals surface area (Å²) in [6.07, 6.45) is 0.576. The fraction of sp³-hybridized carbons (Fsp3) is 0.250. The first-order chi connectivity index (χ1) is 17.3. The molecule has 0 bridgehead atoms. The summed E-state index contributed by atoms with van der Waals surface area (Å²) in [5.74, 6) is 0.973. The van der Waals surface area contributed by atoms with Crippen molar-refractivity contribution in [3.63, 3.8) is 0 Å². The number of anilines is 1. The lowest BCUT2D eigenvalue weighted by atomic mass is 9.93. The zero-order valence-electron chi connectivity index (χ0n) is 21.1. The van der Waals surface area contributed by atoms with Crippen LogP contribution in [0, 0.1) is 6.92 Å². The van der Waals surface area contributed by atoms with Crippen LogP contribution in [0.25, 0.3) is 0 Å². The molecule has 3 aromatic carbocycles. The highest BCUT2D eigenvalue weighted by Crippen LogP contribution is 2.34. The second-order valence-electron chi connectivity index (χ2n) is 8.67. The molecule has 0 unspecified atom stereocenters. The van der Waals surface area contributed by atoms with Crippen molar-refractivity contribution in [3.8, 4) is 11.5 Å². The van der Waals surface area contributed by atoms with Gasteiger partial charge < -0.3 is 20.1 Å². The summed E-state index contributed by atoms with van der Waals surface area (Å²) in [5, 5.41) is 11.8. The molecule has 8 heteroatoms. The molecule has 0 aliphatic carbocycles. The zero-order valence-corrected chi connectivity index (χ0v) is 21.1. The Hall–Kier alpha value is -4.33. The van der Waals surface area contributed by atoms with Gasteiger partial charge in [0.15, 0.2) is 11.5 Å². The summed E-state index contributed by atoms with van der Waals surface area (Å²) in [7, 11) is 4.76. The third-order valence-corrected chi connectivity index (χ3v) is 6.12. The number of ether oxygens (including phenoxy) is 2. The van der Waals surface area contributed by atoms with Crippen LogP contribution in [0.3, 0.4) is 0 Å². The topological polar surface area (TPSA) is 92.3 Å². The average molecular weight is 487 g/mol. The van der Waals surface area contributed by atoms with Crippen molar-refractivity contribution in [2.45, 2.75) is 26.3 Å². The molecule has 0 fully saturated rings. The zero-order chi connectivity index (χ0) is 25.8. The highest BCUT2D eigenvalue weighted by molar-refractivity contribution is 6.15. The minimum Gasteiger partial charge on any atom is -0.493 e. The Kier molecular flexibility index (Phi) is 7.24. The first-order valence-electron chi connectivity index (χ1n) is 11.7. The second kappa shape index (κ2) is 10.5. The molecular weight excluding hydrogens is 456 g/mol. The van der Waals surface area contributed by atoms with Gasteiger partial charge in [-0.1, -0.05) is 24.3 Å². The number of hydrazone groups is 1. The predicted molar refractivity (Wildman–Crippen MR) is 140 cm³/mol. The van der Waals surface area contributed by atoms with Crippen LogP contribution >= 0.6 is 0 Å². The van der Waals surface area contributed by atoms with E-state index in [-0.39, 0.29) is 18.0 Å². The van der Waals surface area contributed by atoms with E-state index in [0.29, 0.717) is 29.2 Å². The summed E-state index contributed by atoms with van der Waals surface area (Å²) < 4.78 is 11.1. The first-order valence-corrected chi connectivity index (χ1v) is 11.7. The third kappa shape index (κ3) is 5.02. The molecule has 1 aliphatic heterocycles. The molecule has 3 amide bonds. The van der Waals surface area contributed by atoms with Crippen LogP contribution in [0.4, 0.5) is 10.5 Å². The van der Waals surface area contributed by atoms with Gasteiger partial charge >= 0.3 is 6.03 Å². The van der Waals surface area contributed by atoms with Gasteiger partial charge in [0.1, 0.15) is 0 Å². The Balaban J connectivity index is 1.74. The molecule has 0 spiro atoms. The predicted octanol–water partition coefficient (Wildman–Crippen LogP) is 4.60. The van der Waals surface area contributed by atoms with E-state index in [1.54, 1.807) is 33.4 Å². The van der Waals surface area contributed by atoms with Crippen molar-refractivity contribution in [1.29, 1.82) is 0 Å². The van der Waals surface area contributed by atoms with Gasteiger partial charge in [-0.2, -0.15) is 5.10 Å². The van der Waals surface area contributed by atoms with Crippen LogP contribution in [0.1, 0.15) is 39.5 Å². The number of carbonyl (C=O) groups excluding carboxylic acids is 2. The molecule has 3 aromatic rings. The quantitative estimate of drug-likeness (QED) is 0.551. The molecule has 2 N–H and O–H groups in total. The maximum absolute atomic E-state index is 12.8. The number of aryl methyl sites for hydroxylation is 1. The van der Waals surface area contributed by atoms with Gasteiger partial charge in [0.05, 0.1) is 26.0 Å². The van der Waals surface area contributed by atoms with Gasteiger partial charge in [0.2, 0.25) is 0 Å². The Morgan fingerprint density at radius 2 is 1.69 bits per heavy atom. The van der Waals surface area contributed by atoms with Crippen molar-refractivity contribution in [2.75, 3.05) is 26.6 Å². The molecular formula is C28H30N4O4. The molecule has 0 aromatic heterocycles. The number of carbonyl (C=O) groups is 2. The van der Waals surface area contributed by atoms with Gasteiger partial charge in [-0.3, -0.25) is 4.79 Å². The van der Waals surface area contributed by atoms with Crippen LogP contribution < -0.4 is 20.1 Å². The van der Waals surface area contributed by atoms with Crippen LogP contribution in [0.5, 0.6) is 11.5 Å². The van der Waals surface area contributed by atoms with Crippen molar-refractivity contribution in [2.24, 2.45) is 5.10 Å². The van der Waals surface area contributed by atoms with Crippen molar-refractivity contribution in [1.82, 2.24) is 10.3 Å². The Bertz CT molecular complexity index is 1320. The lowest BCUT2D eigenvalue weighted by molar-refractivity contribution is 0.102. The summed E-state index contributed by atoms with van der Waals surface area (Å²) in [6, 6.07) is 18.1. The van der Waals surface area contributed by atoms with Crippen molar-refractivity contribution in [3.05, 3.63) is 88.5 Å². The molecule has 1 heterocycles. The number of hydrogen-bond donors (Lipinski definition) is 2. The minimum atomic E-state index is -0.305. The van der Waals surface area contributed by atoms with E-state index in [9.17, 15) is 9.59 Å². The van der Waals surface area contributed by atoms with Crippen LogP contribution in [0.2, 0.25) is 0 Å². The van der Waals surface area contributed by atoms with Gasteiger partial charge in [-0.25, -0.2) is 9.80 Å². The molecule has 0 radical (unpaired) electrons. The lowest BCUT2D eigenvalue weighted by Gasteiger charge is -2.22. The monoisotopic (exact) mass is 486 g/mol. The number of methoxy groups -OCH3 is 2. The molecule has 8 nitrogen and oxygen atoms in total. The van der Waals surface area contributed by atoms with Gasteiger partial charge in [-0.05, 0) is 67.8 Å². The van der Waals surface area contributed by atoms with Gasteiger partial charge in [0, 0.05) is 29.4 Å². The molecule has 1 atom stereocenters. The molecule has 0 saturated heterocycles. The summed E-state index contributed by atoms with van der Waals surface area (Å²) >= 11 is 0. The normalized spacial score (nSPS) is 14.8. The second-order valence-corrected chi connectivity index (χ2v) is 8.67. The number of hydrogen-bond acceptors (Lipinski definition) is 5. The van der Waals surface area contributed by atoms with Crippen molar-refractivity contribution < 1.29 is 19.1 Å². The molecule has 1 aliphatic rings. The maximum Gasteiger partial charge on any atom is 0.337 e. The van der Waals surface area contributed by atoms with E-state index in [4.69, 9.17) is 14.6 Å². The smallest absolute Gasteiger partial charge is 0.337 e. The SMILES string of the molecule is CNC(=O)N1N=C(c2ccc(C(=O)Nc3cccc(C)c3)cc2)c2cc(OC)c(OC)cc2C[C@H]1C. The molecule has 186 valence electrons. The Labute approximate surface area is 210 Å². The number of fused-ring (bicyclic) bond motifs is 1. The van der Waals surface area contributed by atoms with Crippen LogP contribution in [-0.4, -0.2) is 50.0 Å². The minimum absolute atomic E-state index is 0.196. The number of urea groups is 1. The van der Waals surface area contributed by atoms with E-state index in [1.165, 1.54) is 5.01 Å². The number of nitrogens with one attached hydrogen (secondary N) is 2. The highest BCUT2D eigenvalue weighted by atomic mass is 16.5. The largest absolute Gasteiger partial charge is 0.493 e. The molecule has 4 rings (SSSR count). The number of nitrogens with zero attached hydrogens (tertiary/aromatic N) is 2. The molecule has 36 heavy (non-hydrogen) atoms. The lowest BCUT2D eigenvalue weighted by Crippen LogP contribution is -2.41. The van der Waals surface area contributed by atoms with E-state index in [1.807, 2.05) is 62.4 Å². The van der Waals surface area contributed by atoms with Gasteiger partial charge in [-0.15, -0.1) is 0 Å². The standard InChI is InChI=1S/C28H30N4O4/c1-17-7-6-8-22(13-17)30-27(33)20-11-9-19(10-12-20)26-23-16-25(36-5)24(35-4)15-21(23)14-18(2)32(31-26)28(34)29-3/h6-13,15-16,18H,14H2,1-5H3,(H,29,34)(H,30,33)/t18-/m1/s1. The Morgan fingerprint density at radius 1 is 1.00 bits per heavy atom. The molecule has 0 saturated carbocycles. The van der Waals surface area contributed by atoms with Gasteiger partial charge in [0.25, 0.3) is 5.91 Å². The maximum atomic E-state index is 12.8. The summed E-state index contributed by atoms with van der Waals surface area (Å²) in [5.41, 5.74) is 5.49. The summed E-state index contributed by atoms with van der Waals surface area (Å²) in [6.45, 7) is 3.92. The van der Waals surface area contributed by atoms with E-state index in [0.717, 1.165) is 27.9 Å². The fourth-order valence-electron chi connectivity index (χ4n) is 4.25. The average Bonchev–Trinajstić information content (AvgIpc) is 3.02. The number of benzene rings is 3. The van der Waals surface area contributed by atoms with Crippen LogP contribution in [0.15, 0.2) is 65.8 Å². The van der Waals surface area contributed by atoms with E-state index < -0.39 is 0 Å². The number of rotatable bonds is 5. The first kappa shape index (κ1) is 24.8. The Morgan fingerprint density at radius 3 is 2.33 bits per heavy atom. The van der Waals surface area contributed by atoms with E-state index >= 15 is 0 Å². The fourth-order valence-corrected chi connectivity index (χ4v) is 4.25. The highest BCUT2D eigenvalue weighted by Gasteiger charge is 2.28. The van der Waals surface area contributed by atoms with E-state index in [2.05, 4.69) is 10.6 Å². The number of amides is 3. The van der Waals surface area contributed by atoms with Crippen molar-refractivity contribution >= 4 is 23.3 Å². The summed E-state index contributed by atoms with van der Waals surface area (Å²) in [4.78, 5) is 25.5. The van der Waals surface area contributed by atoms with Crippen LogP contribution in [-0.2, 0) is 6.42 Å². The third-order valence-electron chi connectivity index (χ3n) is 6.12.